The highest BCUT2D eigenvalue weighted by Gasteiger charge is 2.85. The molecule has 0 saturated heterocycles. The third-order valence-corrected chi connectivity index (χ3v) is 3.41. The van der Waals surface area contributed by atoms with Crippen LogP contribution in [0.3, 0.4) is 0 Å². The first-order valence-corrected chi connectivity index (χ1v) is 6.63. The third kappa shape index (κ3) is 5.04. The van der Waals surface area contributed by atoms with Gasteiger partial charge in [-0.3, -0.25) is 4.79 Å². The van der Waals surface area contributed by atoms with Crippen molar-refractivity contribution < 1.29 is 54.2 Å². The minimum Gasteiger partial charge on any atom is -0.480 e. The zero-order valence-corrected chi connectivity index (χ0v) is 11.7. The average molecular weight is 383 g/mol. The van der Waals surface area contributed by atoms with Gasteiger partial charge in [0, 0.05) is 11.5 Å². The van der Waals surface area contributed by atoms with Crippen LogP contribution < -0.4 is 5.73 Å². The van der Waals surface area contributed by atoms with Gasteiger partial charge in [0.15, 0.2) is 0 Å². The van der Waals surface area contributed by atoms with Crippen molar-refractivity contribution in [1.82, 2.24) is 0 Å². The molecule has 0 saturated carbocycles. The molecule has 0 aromatic rings. The Morgan fingerprint density at radius 1 is 1.00 bits per heavy atom. The third-order valence-electron chi connectivity index (χ3n) is 2.36. The number of aliphatic carboxylic acids is 1. The summed E-state index contributed by atoms with van der Waals surface area (Å²) in [7, 11) is 0. The van der Waals surface area contributed by atoms with Gasteiger partial charge in [0.2, 0.25) is 0 Å². The van der Waals surface area contributed by atoms with Crippen molar-refractivity contribution in [3.05, 3.63) is 0 Å². The lowest BCUT2D eigenvalue weighted by Gasteiger charge is -2.37. The van der Waals surface area contributed by atoms with Crippen LogP contribution in [0.2, 0.25) is 0 Å². The lowest BCUT2D eigenvalue weighted by Crippen LogP contribution is -2.67. The second-order valence-corrected chi connectivity index (χ2v) is 5.19. The predicted octanol–water partition coefficient (Wildman–Crippen LogP) is 2.57. The topological polar surface area (TPSA) is 72.5 Å². The summed E-state index contributed by atoms with van der Waals surface area (Å²) >= 11 is 0.429. The van der Waals surface area contributed by atoms with E-state index in [2.05, 4.69) is 4.74 Å². The Bertz CT molecular complexity index is 371. The van der Waals surface area contributed by atoms with E-state index in [0.29, 0.717) is 11.8 Å². The molecule has 0 spiro atoms. The molecule has 23 heavy (non-hydrogen) atoms. The monoisotopic (exact) mass is 383 g/mol. The van der Waals surface area contributed by atoms with Crippen LogP contribution in [0.4, 0.5) is 39.5 Å². The molecular formula is C9H10F9NO3S. The van der Waals surface area contributed by atoms with E-state index >= 15 is 0 Å². The van der Waals surface area contributed by atoms with Crippen LogP contribution in [0.25, 0.3) is 0 Å². The summed E-state index contributed by atoms with van der Waals surface area (Å²) in [5, 5.41) is 8.37. The summed E-state index contributed by atoms with van der Waals surface area (Å²) in [5.74, 6) is -2.69. The SMILES string of the molecule is N[C@@H](CSCCOC(C(F)(F)F)(C(F)(F)F)C(F)(F)F)C(=O)O. The number of thioether (sulfide) groups is 1. The van der Waals surface area contributed by atoms with Gasteiger partial charge in [0.25, 0.3) is 0 Å². The van der Waals surface area contributed by atoms with E-state index in [9.17, 15) is 44.3 Å². The quantitative estimate of drug-likeness (QED) is 0.522. The molecule has 0 aliphatic rings. The Kier molecular flexibility index (Phi) is 7.05. The van der Waals surface area contributed by atoms with Gasteiger partial charge in [-0.2, -0.15) is 51.3 Å². The number of carboxylic acids is 1. The van der Waals surface area contributed by atoms with Gasteiger partial charge < -0.3 is 15.6 Å². The Balaban J connectivity index is 5.05. The van der Waals surface area contributed by atoms with E-state index in [1.54, 1.807) is 0 Å². The molecule has 0 radical (unpaired) electrons. The normalized spacial score (nSPS) is 15.6. The molecule has 0 fully saturated rings. The van der Waals surface area contributed by atoms with Crippen LogP contribution in [0, 0.1) is 0 Å². The van der Waals surface area contributed by atoms with Crippen molar-refractivity contribution in [2.24, 2.45) is 5.73 Å². The lowest BCUT2D eigenvalue weighted by atomic mass is 10.0. The summed E-state index contributed by atoms with van der Waals surface area (Å²) < 4.78 is 115. The number of carboxylic acid groups (broad SMARTS) is 1. The van der Waals surface area contributed by atoms with Crippen LogP contribution >= 0.6 is 11.8 Å². The van der Waals surface area contributed by atoms with E-state index in [-0.39, 0.29) is 0 Å². The molecule has 0 bridgehead atoms. The molecule has 138 valence electrons. The van der Waals surface area contributed by atoms with Crippen LogP contribution in [-0.2, 0) is 9.53 Å². The van der Waals surface area contributed by atoms with E-state index < -0.39 is 54.3 Å². The zero-order chi connectivity index (χ0) is 18.7. The Morgan fingerprint density at radius 2 is 1.39 bits per heavy atom. The highest BCUT2D eigenvalue weighted by Crippen LogP contribution is 2.54. The van der Waals surface area contributed by atoms with Crippen molar-refractivity contribution in [2.45, 2.75) is 30.2 Å². The zero-order valence-electron chi connectivity index (χ0n) is 10.8. The van der Waals surface area contributed by atoms with Gasteiger partial charge in [-0.25, -0.2) is 0 Å². The molecule has 0 unspecified atom stereocenters. The van der Waals surface area contributed by atoms with E-state index in [1.807, 2.05) is 0 Å². The van der Waals surface area contributed by atoms with E-state index in [4.69, 9.17) is 10.8 Å². The van der Waals surface area contributed by atoms with Crippen molar-refractivity contribution in [1.29, 1.82) is 0 Å². The number of rotatable bonds is 7. The summed E-state index contributed by atoms with van der Waals surface area (Å²) in [4.78, 5) is 10.3. The van der Waals surface area contributed by atoms with Gasteiger partial charge in [0.05, 0.1) is 6.61 Å². The molecule has 0 aromatic carbocycles. The molecule has 0 rings (SSSR count). The van der Waals surface area contributed by atoms with Crippen molar-refractivity contribution in [2.75, 3.05) is 18.1 Å². The van der Waals surface area contributed by atoms with Gasteiger partial charge in [-0.05, 0) is 0 Å². The highest BCUT2D eigenvalue weighted by molar-refractivity contribution is 7.99. The van der Waals surface area contributed by atoms with Crippen LogP contribution in [-0.4, -0.2) is 59.4 Å². The minimum absolute atomic E-state index is 0.429. The van der Waals surface area contributed by atoms with Crippen molar-refractivity contribution >= 4 is 17.7 Å². The fourth-order valence-corrected chi connectivity index (χ4v) is 2.03. The summed E-state index contributed by atoms with van der Waals surface area (Å²) in [6.45, 7) is -1.57. The van der Waals surface area contributed by atoms with Crippen LogP contribution in [0.15, 0.2) is 0 Å². The first-order chi connectivity index (χ1) is 10.1. The smallest absolute Gasteiger partial charge is 0.435 e. The first-order valence-electron chi connectivity index (χ1n) is 5.48. The fourth-order valence-electron chi connectivity index (χ4n) is 1.26. The molecule has 3 N–H and O–H groups in total. The van der Waals surface area contributed by atoms with E-state index in [0.717, 1.165) is 0 Å². The summed E-state index contributed by atoms with van der Waals surface area (Å²) in [5.41, 5.74) is -1.33. The predicted molar refractivity (Wildman–Crippen MR) is 59.8 cm³/mol. The van der Waals surface area contributed by atoms with E-state index in [1.165, 1.54) is 0 Å². The first kappa shape index (κ1) is 22.1. The highest BCUT2D eigenvalue weighted by atomic mass is 32.2. The molecule has 0 aromatic heterocycles. The maximum absolute atomic E-state index is 12.4. The fraction of sp³-hybridized carbons (Fsp3) is 0.889. The van der Waals surface area contributed by atoms with Crippen molar-refractivity contribution in [3.8, 4) is 0 Å². The molecule has 0 heterocycles. The molecule has 14 heteroatoms. The van der Waals surface area contributed by atoms with Gasteiger partial charge in [0.1, 0.15) is 6.04 Å². The standard InChI is InChI=1S/C9H10F9NO3S/c10-7(11,12)6(8(13,14)15,9(16,17)18)22-1-2-23-3-4(19)5(20)21/h4H,1-3,19H2,(H,20,21)/t4-/m0/s1. The molecule has 0 aliphatic heterocycles. The summed E-state index contributed by atoms with van der Waals surface area (Å²) in [6.07, 6.45) is -20.4. The Labute approximate surface area is 127 Å². The van der Waals surface area contributed by atoms with Crippen LogP contribution in [0.5, 0.6) is 0 Å². The van der Waals surface area contributed by atoms with Crippen molar-refractivity contribution in [3.63, 3.8) is 0 Å². The van der Waals surface area contributed by atoms with Gasteiger partial charge in [-0.1, -0.05) is 0 Å². The number of ether oxygens (including phenoxy) is 1. The van der Waals surface area contributed by atoms with Gasteiger partial charge in [-0.15, -0.1) is 0 Å². The minimum atomic E-state index is -6.79. The Hall–Kier alpha value is -0.890. The maximum atomic E-state index is 12.4. The number of alkyl halides is 9. The second-order valence-electron chi connectivity index (χ2n) is 4.04. The number of hydrogen-bond donors (Lipinski definition) is 2. The molecule has 1 atom stereocenters. The average Bonchev–Trinajstić information content (AvgIpc) is 2.27. The molecule has 0 amide bonds. The van der Waals surface area contributed by atoms with Gasteiger partial charge >= 0.3 is 30.1 Å². The van der Waals surface area contributed by atoms with Crippen LogP contribution in [0.1, 0.15) is 0 Å². The number of nitrogens with two attached hydrogens (primary N) is 1. The molecule has 4 nitrogen and oxygen atoms in total. The second kappa shape index (κ2) is 7.34. The largest absolute Gasteiger partial charge is 0.480 e. The maximum Gasteiger partial charge on any atom is 0.435 e. The number of halogens is 9. The number of carbonyl (C=O) groups is 1. The number of hydrogen-bond acceptors (Lipinski definition) is 4. The summed E-state index contributed by atoms with van der Waals surface area (Å²) in [6, 6.07) is -1.47. The lowest BCUT2D eigenvalue weighted by molar-refractivity contribution is -0.456. The molecule has 0 aliphatic carbocycles. The Morgan fingerprint density at radius 3 is 1.70 bits per heavy atom. The molecular weight excluding hydrogens is 373 g/mol.